The standard InChI is InChI=1S/C12H11N3O/c1-9-14-4-5-15(9)12-3-2-10(8-16)6-11(12)7-13/h2-6,16H,8H2,1H3. The number of hydrogen-bond acceptors (Lipinski definition) is 3. The Morgan fingerprint density at radius 3 is 2.88 bits per heavy atom. The van der Waals surface area contributed by atoms with Crippen molar-refractivity contribution in [2.45, 2.75) is 13.5 Å². The molecule has 0 aliphatic rings. The molecule has 0 spiro atoms. The number of aliphatic hydroxyl groups is 1. The van der Waals surface area contributed by atoms with E-state index in [1.807, 2.05) is 23.8 Å². The van der Waals surface area contributed by atoms with Gasteiger partial charge in [-0.3, -0.25) is 0 Å². The Morgan fingerprint density at radius 2 is 2.31 bits per heavy atom. The maximum Gasteiger partial charge on any atom is 0.110 e. The van der Waals surface area contributed by atoms with Crippen LogP contribution in [0.15, 0.2) is 30.6 Å². The molecule has 0 saturated heterocycles. The van der Waals surface area contributed by atoms with Crippen molar-refractivity contribution in [3.8, 4) is 11.8 Å². The molecule has 2 aromatic rings. The SMILES string of the molecule is Cc1nccn1-c1ccc(CO)cc1C#N. The zero-order valence-electron chi connectivity index (χ0n) is 8.88. The first kappa shape index (κ1) is 10.4. The van der Waals surface area contributed by atoms with E-state index < -0.39 is 0 Å². The summed E-state index contributed by atoms with van der Waals surface area (Å²) in [5, 5.41) is 18.1. The van der Waals surface area contributed by atoms with Gasteiger partial charge in [-0.1, -0.05) is 6.07 Å². The molecule has 0 amide bonds. The average molecular weight is 213 g/mol. The zero-order chi connectivity index (χ0) is 11.5. The predicted molar refractivity (Wildman–Crippen MR) is 58.9 cm³/mol. The van der Waals surface area contributed by atoms with Crippen LogP contribution in [-0.4, -0.2) is 14.7 Å². The molecule has 16 heavy (non-hydrogen) atoms. The van der Waals surface area contributed by atoms with E-state index in [1.165, 1.54) is 0 Å². The summed E-state index contributed by atoms with van der Waals surface area (Å²) < 4.78 is 1.85. The van der Waals surface area contributed by atoms with E-state index in [2.05, 4.69) is 11.1 Å². The van der Waals surface area contributed by atoms with Crippen molar-refractivity contribution >= 4 is 0 Å². The highest BCUT2D eigenvalue weighted by molar-refractivity contribution is 5.51. The van der Waals surface area contributed by atoms with Crippen LogP contribution in [0.25, 0.3) is 5.69 Å². The van der Waals surface area contributed by atoms with Gasteiger partial charge in [0, 0.05) is 12.4 Å². The molecule has 80 valence electrons. The summed E-state index contributed by atoms with van der Waals surface area (Å²) in [7, 11) is 0. The highest BCUT2D eigenvalue weighted by atomic mass is 16.3. The van der Waals surface area contributed by atoms with Crippen LogP contribution in [-0.2, 0) is 6.61 Å². The Morgan fingerprint density at radius 1 is 1.50 bits per heavy atom. The van der Waals surface area contributed by atoms with Gasteiger partial charge < -0.3 is 9.67 Å². The van der Waals surface area contributed by atoms with Crippen molar-refractivity contribution in [1.82, 2.24) is 9.55 Å². The number of nitrogens with zero attached hydrogens (tertiary/aromatic N) is 3. The number of benzene rings is 1. The Hall–Kier alpha value is -2.12. The van der Waals surface area contributed by atoms with E-state index in [0.29, 0.717) is 5.56 Å². The van der Waals surface area contributed by atoms with Crippen molar-refractivity contribution < 1.29 is 5.11 Å². The van der Waals surface area contributed by atoms with E-state index in [4.69, 9.17) is 10.4 Å². The van der Waals surface area contributed by atoms with Crippen molar-refractivity contribution in [2.24, 2.45) is 0 Å². The fourth-order valence-electron chi connectivity index (χ4n) is 1.61. The normalized spacial score (nSPS) is 10.1. The highest BCUT2D eigenvalue weighted by Crippen LogP contribution is 2.17. The second-order valence-corrected chi connectivity index (χ2v) is 3.47. The van der Waals surface area contributed by atoms with Crippen LogP contribution >= 0.6 is 0 Å². The summed E-state index contributed by atoms with van der Waals surface area (Å²) in [6.45, 7) is 1.82. The molecule has 4 heteroatoms. The van der Waals surface area contributed by atoms with Crippen molar-refractivity contribution in [2.75, 3.05) is 0 Å². The molecule has 1 aromatic heterocycles. The third-order valence-electron chi connectivity index (χ3n) is 2.45. The lowest BCUT2D eigenvalue weighted by molar-refractivity contribution is 0.282. The first-order chi connectivity index (χ1) is 7.76. The smallest absolute Gasteiger partial charge is 0.110 e. The number of hydrogen-bond donors (Lipinski definition) is 1. The summed E-state index contributed by atoms with van der Waals surface area (Å²) in [4.78, 5) is 4.12. The van der Waals surface area contributed by atoms with Gasteiger partial charge in [0.1, 0.15) is 11.9 Å². The number of rotatable bonds is 2. The topological polar surface area (TPSA) is 61.8 Å². The minimum atomic E-state index is -0.0577. The molecule has 0 bridgehead atoms. The fourth-order valence-corrected chi connectivity index (χ4v) is 1.61. The van der Waals surface area contributed by atoms with Gasteiger partial charge in [-0.05, 0) is 24.6 Å². The van der Waals surface area contributed by atoms with E-state index in [1.54, 1.807) is 18.3 Å². The third kappa shape index (κ3) is 1.69. The largest absolute Gasteiger partial charge is 0.392 e. The minimum absolute atomic E-state index is 0.0577. The van der Waals surface area contributed by atoms with Gasteiger partial charge in [-0.2, -0.15) is 5.26 Å². The van der Waals surface area contributed by atoms with Gasteiger partial charge in [0.2, 0.25) is 0 Å². The molecule has 0 radical (unpaired) electrons. The Balaban J connectivity index is 2.59. The second-order valence-electron chi connectivity index (χ2n) is 3.47. The van der Waals surface area contributed by atoms with Gasteiger partial charge in [0.15, 0.2) is 0 Å². The van der Waals surface area contributed by atoms with Crippen LogP contribution in [0.3, 0.4) is 0 Å². The van der Waals surface area contributed by atoms with Gasteiger partial charge in [-0.25, -0.2) is 4.98 Å². The molecule has 0 atom stereocenters. The van der Waals surface area contributed by atoms with Crippen molar-refractivity contribution in [3.05, 3.63) is 47.5 Å². The summed E-state index contributed by atoms with van der Waals surface area (Å²) in [6.07, 6.45) is 3.50. The number of aromatic nitrogens is 2. The maximum atomic E-state index is 9.06. The molecule has 0 fully saturated rings. The van der Waals surface area contributed by atoms with E-state index in [0.717, 1.165) is 17.1 Å². The highest BCUT2D eigenvalue weighted by Gasteiger charge is 2.07. The Bertz CT molecular complexity index is 552. The Labute approximate surface area is 93.4 Å². The number of imidazole rings is 1. The molecule has 0 aliphatic carbocycles. The first-order valence-corrected chi connectivity index (χ1v) is 4.90. The summed E-state index contributed by atoms with van der Waals surface area (Å²) in [5.41, 5.74) is 2.06. The molecular formula is C12H11N3O. The summed E-state index contributed by atoms with van der Waals surface area (Å²) >= 11 is 0. The molecule has 1 aromatic carbocycles. The monoisotopic (exact) mass is 213 g/mol. The zero-order valence-corrected chi connectivity index (χ0v) is 8.88. The van der Waals surface area contributed by atoms with Crippen LogP contribution in [0.4, 0.5) is 0 Å². The number of aliphatic hydroxyl groups excluding tert-OH is 1. The van der Waals surface area contributed by atoms with E-state index in [-0.39, 0.29) is 6.61 Å². The van der Waals surface area contributed by atoms with E-state index >= 15 is 0 Å². The lowest BCUT2D eigenvalue weighted by Crippen LogP contribution is -1.99. The molecular weight excluding hydrogens is 202 g/mol. The second kappa shape index (κ2) is 4.17. The maximum absolute atomic E-state index is 9.06. The lowest BCUT2D eigenvalue weighted by Gasteiger charge is -2.08. The summed E-state index contributed by atoms with van der Waals surface area (Å²) in [5.74, 6) is 0.827. The Kier molecular flexibility index (Phi) is 2.71. The molecule has 1 heterocycles. The quantitative estimate of drug-likeness (QED) is 0.823. The molecule has 0 aliphatic heterocycles. The molecule has 0 saturated carbocycles. The van der Waals surface area contributed by atoms with Crippen LogP contribution in [0, 0.1) is 18.3 Å². The van der Waals surface area contributed by atoms with Crippen LogP contribution in [0.5, 0.6) is 0 Å². The third-order valence-corrected chi connectivity index (χ3v) is 2.45. The molecule has 2 rings (SSSR count). The minimum Gasteiger partial charge on any atom is -0.392 e. The van der Waals surface area contributed by atoms with Crippen LogP contribution in [0.1, 0.15) is 17.0 Å². The van der Waals surface area contributed by atoms with Crippen LogP contribution in [0.2, 0.25) is 0 Å². The summed E-state index contributed by atoms with van der Waals surface area (Å²) in [6, 6.07) is 7.43. The van der Waals surface area contributed by atoms with Gasteiger partial charge in [0.25, 0.3) is 0 Å². The van der Waals surface area contributed by atoms with Gasteiger partial charge in [-0.15, -0.1) is 0 Å². The van der Waals surface area contributed by atoms with Gasteiger partial charge in [0.05, 0.1) is 17.9 Å². The molecule has 4 nitrogen and oxygen atoms in total. The lowest BCUT2D eigenvalue weighted by atomic mass is 10.1. The van der Waals surface area contributed by atoms with E-state index in [9.17, 15) is 0 Å². The predicted octanol–water partition coefficient (Wildman–Crippen LogP) is 1.54. The van der Waals surface area contributed by atoms with Crippen LogP contribution < -0.4 is 0 Å². The fraction of sp³-hybridized carbons (Fsp3) is 0.167. The molecule has 1 N–H and O–H groups in total. The number of nitriles is 1. The average Bonchev–Trinajstić information content (AvgIpc) is 2.74. The molecule has 0 unspecified atom stereocenters. The van der Waals surface area contributed by atoms with Gasteiger partial charge >= 0.3 is 0 Å². The van der Waals surface area contributed by atoms with Crippen molar-refractivity contribution in [3.63, 3.8) is 0 Å². The first-order valence-electron chi connectivity index (χ1n) is 4.90. The number of aryl methyl sites for hydroxylation is 1. The van der Waals surface area contributed by atoms with Crippen molar-refractivity contribution in [1.29, 1.82) is 5.26 Å².